The number of pyridine rings is 1. The highest BCUT2D eigenvalue weighted by Crippen LogP contribution is 2.39. The molecule has 1 heterocycles. The first kappa shape index (κ1) is 15.2. The van der Waals surface area contributed by atoms with Crippen molar-refractivity contribution in [2.45, 2.75) is 18.5 Å². The molecule has 0 radical (unpaired) electrons. The molecule has 0 saturated heterocycles. The maximum atomic E-state index is 12.5. The molecule has 10 heteroatoms. The summed E-state index contributed by atoms with van der Waals surface area (Å²) >= 11 is 0. The van der Waals surface area contributed by atoms with Crippen molar-refractivity contribution >= 4 is 5.97 Å². The van der Waals surface area contributed by atoms with Crippen LogP contribution in [0.3, 0.4) is 0 Å². The molecule has 0 amide bonds. The number of hydrogen-bond donors (Lipinski definition) is 2. The molecule has 0 saturated carbocycles. The van der Waals surface area contributed by atoms with E-state index in [1.54, 1.807) is 0 Å². The SMILES string of the molecule is O=C(O)C(O)c1cnc(C(F)(F)F)c(C(F)(F)F)c1. The number of carboxylic acid groups (broad SMARTS) is 1. The van der Waals surface area contributed by atoms with Crippen molar-refractivity contribution in [3.8, 4) is 0 Å². The second kappa shape index (κ2) is 4.68. The zero-order chi connectivity index (χ0) is 15.0. The van der Waals surface area contributed by atoms with Gasteiger partial charge in [-0.25, -0.2) is 4.79 Å². The van der Waals surface area contributed by atoms with Crippen molar-refractivity contribution in [3.63, 3.8) is 0 Å². The minimum atomic E-state index is -5.38. The zero-order valence-corrected chi connectivity index (χ0v) is 8.75. The number of aliphatic hydroxyl groups excluding tert-OH is 1. The highest BCUT2D eigenvalue weighted by Gasteiger charge is 2.45. The van der Waals surface area contributed by atoms with Crippen LogP contribution in [0.1, 0.15) is 22.9 Å². The number of nitrogens with zero attached hydrogens (tertiary/aromatic N) is 1. The van der Waals surface area contributed by atoms with E-state index in [4.69, 9.17) is 10.2 Å². The molecule has 1 unspecified atom stereocenters. The molecule has 19 heavy (non-hydrogen) atoms. The number of alkyl halides is 6. The molecule has 0 fully saturated rings. The average Bonchev–Trinajstić information content (AvgIpc) is 2.24. The van der Waals surface area contributed by atoms with Crippen molar-refractivity contribution in [1.29, 1.82) is 0 Å². The van der Waals surface area contributed by atoms with Crippen LogP contribution < -0.4 is 0 Å². The number of carboxylic acids is 1. The monoisotopic (exact) mass is 289 g/mol. The smallest absolute Gasteiger partial charge is 0.433 e. The van der Waals surface area contributed by atoms with Crippen molar-refractivity contribution in [3.05, 3.63) is 29.1 Å². The molecule has 0 bridgehead atoms. The summed E-state index contributed by atoms with van der Waals surface area (Å²) in [6, 6.07) is -0.0887. The molecular weight excluding hydrogens is 284 g/mol. The van der Waals surface area contributed by atoms with Gasteiger partial charge in [-0.1, -0.05) is 0 Å². The van der Waals surface area contributed by atoms with Crippen molar-refractivity contribution in [2.75, 3.05) is 0 Å². The van der Waals surface area contributed by atoms with Crippen LogP contribution in [0.4, 0.5) is 26.3 Å². The maximum absolute atomic E-state index is 12.5. The molecule has 0 aliphatic heterocycles. The van der Waals surface area contributed by atoms with Gasteiger partial charge in [-0.05, 0) is 6.07 Å². The topological polar surface area (TPSA) is 70.4 Å². The van der Waals surface area contributed by atoms with E-state index in [1.165, 1.54) is 0 Å². The lowest BCUT2D eigenvalue weighted by molar-refractivity contribution is -0.165. The van der Waals surface area contributed by atoms with Crippen molar-refractivity contribution < 1.29 is 41.4 Å². The molecule has 1 atom stereocenters. The Balaban J connectivity index is 3.44. The van der Waals surface area contributed by atoms with E-state index >= 15 is 0 Å². The minimum Gasteiger partial charge on any atom is -0.479 e. The first-order chi connectivity index (χ1) is 8.44. The Morgan fingerprint density at radius 1 is 1.16 bits per heavy atom. The molecular formula is C9H5F6NO3. The van der Waals surface area contributed by atoms with Crippen molar-refractivity contribution in [1.82, 2.24) is 4.98 Å². The summed E-state index contributed by atoms with van der Waals surface area (Å²) in [5.41, 5.74) is -5.24. The van der Waals surface area contributed by atoms with Gasteiger partial charge in [0.2, 0.25) is 0 Å². The van der Waals surface area contributed by atoms with Gasteiger partial charge < -0.3 is 10.2 Å². The number of halogens is 6. The van der Waals surface area contributed by atoms with Crippen LogP contribution in [-0.2, 0) is 17.1 Å². The number of aliphatic carboxylic acids is 1. The lowest BCUT2D eigenvalue weighted by Crippen LogP contribution is -2.20. The summed E-state index contributed by atoms with van der Waals surface area (Å²) in [6.07, 6.45) is -12.9. The van der Waals surface area contributed by atoms with Crippen LogP contribution in [-0.4, -0.2) is 21.2 Å². The number of carbonyl (C=O) groups is 1. The first-order valence-electron chi connectivity index (χ1n) is 4.50. The van der Waals surface area contributed by atoms with Crippen molar-refractivity contribution in [2.24, 2.45) is 0 Å². The molecule has 0 aromatic carbocycles. The highest BCUT2D eigenvalue weighted by atomic mass is 19.4. The molecule has 4 nitrogen and oxygen atoms in total. The van der Waals surface area contributed by atoms with E-state index in [0.29, 0.717) is 0 Å². The quantitative estimate of drug-likeness (QED) is 0.819. The molecule has 2 N–H and O–H groups in total. The standard InChI is InChI=1S/C9H5F6NO3/c10-8(11,12)4-1-3(5(17)7(18)19)2-16-6(4)9(13,14)15/h1-2,5,17H,(H,18,19). The van der Waals surface area contributed by atoms with E-state index < -0.39 is 41.2 Å². The lowest BCUT2D eigenvalue weighted by atomic mass is 10.1. The summed E-state index contributed by atoms with van der Waals surface area (Å²) < 4.78 is 74.3. The number of hydrogen-bond acceptors (Lipinski definition) is 3. The van der Waals surface area contributed by atoms with Crippen LogP contribution in [0.25, 0.3) is 0 Å². The van der Waals surface area contributed by atoms with Gasteiger partial charge in [0.25, 0.3) is 0 Å². The summed E-state index contributed by atoms with van der Waals surface area (Å²) in [5.74, 6) is -1.91. The second-order valence-electron chi connectivity index (χ2n) is 3.40. The summed E-state index contributed by atoms with van der Waals surface area (Å²) in [6.45, 7) is 0. The minimum absolute atomic E-state index is 0.0887. The van der Waals surface area contributed by atoms with Crippen LogP contribution in [0.15, 0.2) is 12.3 Å². The molecule has 1 aromatic rings. The Morgan fingerprint density at radius 3 is 2.05 bits per heavy atom. The number of aliphatic hydroxyl groups is 1. The van der Waals surface area contributed by atoms with E-state index in [-0.39, 0.29) is 12.3 Å². The van der Waals surface area contributed by atoms with E-state index in [1.807, 2.05) is 0 Å². The van der Waals surface area contributed by atoms with Crippen LogP contribution in [0.2, 0.25) is 0 Å². The van der Waals surface area contributed by atoms with E-state index in [2.05, 4.69) is 4.98 Å². The Hall–Kier alpha value is -1.84. The summed E-state index contributed by atoms with van der Waals surface area (Å²) in [5, 5.41) is 17.4. The third-order valence-electron chi connectivity index (χ3n) is 2.03. The maximum Gasteiger partial charge on any atom is 0.433 e. The Labute approximate surface area is 101 Å². The van der Waals surface area contributed by atoms with Crippen LogP contribution in [0.5, 0.6) is 0 Å². The Morgan fingerprint density at radius 2 is 1.68 bits per heavy atom. The van der Waals surface area contributed by atoms with Gasteiger partial charge in [0.15, 0.2) is 11.8 Å². The predicted octanol–water partition coefficient (Wildman–Crippen LogP) is 2.24. The first-order valence-corrected chi connectivity index (χ1v) is 4.50. The molecule has 1 rings (SSSR count). The molecule has 0 aliphatic carbocycles. The molecule has 106 valence electrons. The lowest BCUT2D eigenvalue weighted by Gasteiger charge is -2.16. The molecule has 0 spiro atoms. The van der Waals surface area contributed by atoms with Gasteiger partial charge in [0, 0.05) is 11.8 Å². The molecule has 1 aromatic heterocycles. The van der Waals surface area contributed by atoms with Crippen LogP contribution >= 0.6 is 0 Å². The summed E-state index contributed by atoms with van der Waals surface area (Å²) in [7, 11) is 0. The summed E-state index contributed by atoms with van der Waals surface area (Å²) in [4.78, 5) is 12.9. The Kier molecular flexibility index (Phi) is 3.75. The van der Waals surface area contributed by atoms with Gasteiger partial charge in [0.1, 0.15) is 0 Å². The Bertz CT molecular complexity index is 496. The van der Waals surface area contributed by atoms with E-state index in [9.17, 15) is 31.1 Å². The highest BCUT2D eigenvalue weighted by molar-refractivity contribution is 5.74. The number of rotatable bonds is 2. The third kappa shape index (κ3) is 3.34. The van der Waals surface area contributed by atoms with Gasteiger partial charge in [-0.3, -0.25) is 4.98 Å². The van der Waals surface area contributed by atoms with Gasteiger partial charge in [-0.15, -0.1) is 0 Å². The van der Waals surface area contributed by atoms with E-state index in [0.717, 1.165) is 0 Å². The average molecular weight is 289 g/mol. The second-order valence-corrected chi connectivity index (χ2v) is 3.40. The fourth-order valence-electron chi connectivity index (χ4n) is 1.22. The number of aromatic nitrogens is 1. The normalized spacial score (nSPS) is 14.3. The zero-order valence-electron chi connectivity index (χ0n) is 8.75. The fraction of sp³-hybridized carbons (Fsp3) is 0.333. The fourth-order valence-corrected chi connectivity index (χ4v) is 1.22. The molecule has 0 aliphatic rings. The van der Waals surface area contributed by atoms with Gasteiger partial charge in [-0.2, -0.15) is 26.3 Å². The van der Waals surface area contributed by atoms with Gasteiger partial charge >= 0.3 is 18.3 Å². The third-order valence-corrected chi connectivity index (χ3v) is 2.03. The predicted molar refractivity (Wildman–Crippen MR) is 46.8 cm³/mol. The largest absolute Gasteiger partial charge is 0.479 e. The van der Waals surface area contributed by atoms with Gasteiger partial charge in [0.05, 0.1) is 5.56 Å². The van der Waals surface area contributed by atoms with Crippen LogP contribution in [0, 0.1) is 0 Å².